The first-order valence-corrected chi connectivity index (χ1v) is 6.94. The lowest BCUT2D eigenvalue weighted by atomic mass is 9.97. The van der Waals surface area contributed by atoms with Crippen LogP contribution in [-0.2, 0) is 0 Å². The van der Waals surface area contributed by atoms with Gasteiger partial charge in [0.2, 0.25) is 0 Å². The van der Waals surface area contributed by atoms with Crippen molar-refractivity contribution in [2.75, 3.05) is 5.32 Å². The molecule has 0 atom stereocenters. The second-order valence-corrected chi connectivity index (χ2v) is 5.87. The van der Waals surface area contributed by atoms with Crippen LogP contribution >= 0.6 is 0 Å². The summed E-state index contributed by atoms with van der Waals surface area (Å²) in [5.41, 5.74) is 2.13. The Morgan fingerprint density at radius 1 is 0.952 bits per heavy atom. The molecule has 2 rings (SSSR count). The van der Waals surface area contributed by atoms with Crippen LogP contribution < -0.4 is 5.32 Å². The van der Waals surface area contributed by atoms with Crippen molar-refractivity contribution in [1.29, 1.82) is 0 Å². The van der Waals surface area contributed by atoms with E-state index in [1.54, 1.807) is 12.1 Å². The van der Waals surface area contributed by atoms with Crippen LogP contribution in [0.5, 0.6) is 0 Å². The Labute approximate surface area is 126 Å². The average molecular weight is 277 g/mol. The number of amides is 1. The van der Waals surface area contributed by atoms with Gasteiger partial charge in [-0.3, -0.25) is 4.79 Å². The first-order valence-electron chi connectivity index (χ1n) is 6.94. The summed E-state index contributed by atoms with van der Waals surface area (Å²) in [6.45, 7) is 6.18. The van der Waals surface area contributed by atoms with Crippen molar-refractivity contribution >= 4 is 11.6 Å². The van der Waals surface area contributed by atoms with E-state index in [9.17, 15) is 4.79 Å². The second kappa shape index (κ2) is 6.28. The van der Waals surface area contributed by atoms with E-state index in [1.807, 2.05) is 42.5 Å². The minimum Gasteiger partial charge on any atom is -0.321 e. The molecule has 2 aromatic carbocycles. The van der Waals surface area contributed by atoms with Gasteiger partial charge in [0.15, 0.2) is 0 Å². The fourth-order valence-electron chi connectivity index (χ4n) is 1.74. The predicted octanol–water partition coefficient (Wildman–Crippen LogP) is 4.34. The lowest BCUT2D eigenvalue weighted by molar-refractivity contribution is 0.102. The van der Waals surface area contributed by atoms with Gasteiger partial charge in [-0.2, -0.15) is 0 Å². The molecule has 0 saturated carbocycles. The standard InChI is InChI=1S/C19H19NO/c1-19(2,3)14-13-15-9-7-8-12-17(15)20-18(21)16-10-5-4-6-11-16/h4-12H,1-3H3,(H,20,21). The molecular weight excluding hydrogens is 258 g/mol. The number of carbonyl (C=O) groups excluding carboxylic acids is 1. The van der Waals surface area contributed by atoms with Crippen LogP contribution in [0.3, 0.4) is 0 Å². The maximum absolute atomic E-state index is 12.2. The third-order valence-electron chi connectivity index (χ3n) is 2.78. The van der Waals surface area contributed by atoms with E-state index in [1.165, 1.54) is 0 Å². The topological polar surface area (TPSA) is 29.1 Å². The zero-order valence-corrected chi connectivity index (χ0v) is 12.6. The normalized spacial score (nSPS) is 10.4. The highest BCUT2D eigenvalue weighted by Crippen LogP contribution is 2.17. The largest absolute Gasteiger partial charge is 0.321 e. The molecule has 0 spiro atoms. The second-order valence-electron chi connectivity index (χ2n) is 5.87. The van der Waals surface area contributed by atoms with E-state index in [0.717, 1.165) is 11.3 Å². The Morgan fingerprint density at radius 2 is 1.57 bits per heavy atom. The number of benzene rings is 2. The lowest BCUT2D eigenvalue weighted by Crippen LogP contribution is -2.12. The Balaban J connectivity index is 2.25. The number of nitrogens with one attached hydrogen (secondary N) is 1. The first-order chi connectivity index (χ1) is 9.96. The third-order valence-corrected chi connectivity index (χ3v) is 2.78. The van der Waals surface area contributed by atoms with Crippen LogP contribution in [0, 0.1) is 17.3 Å². The van der Waals surface area contributed by atoms with Crippen molar-refractivity contribution < 1.29 is 4.79 Å². The van der Waals surface area contributed by atoms with Crippen molar-refractivity contribution in [3.63, 3.8) is 0 Å². The first kappa shape index (κ1) is 14.9. The van der Waals surface area contributed by atoms with Crippen LogP contribution in [0.25, 0.3) is 0 Å². The van der Waals surface area contributed by atoms with Gasteiger partial charge >= 0.3 is 0 Å². The minimum atomic E-state index is -0.124. The molecule has 0 radical (unpaired) electrons. The summed E-state index contributed by atoms with van der Waals surface area (Å²) in [7, 11) is 0. The van der Waals surface area contributed by atoms with E-state index < -0.39 is 0 Å². The number of anilines is 1. The molecule has 2 aromatic rings. The summed E-state index contributed by atoms with van der Waals surface area (Å²) in [6.07, 6.45) is 0. The quantitative estimate of drug-likeness (QED) is 0.813. The van der Waals surface area contributed by atoms with Crippen LogP contribution in [0.4, 0.5) is 5.69 Å². The summed E-state index contributed by atoms with van der Waals surface area (Å²) in [5, 5.41) is 2.92. The minimum absolute atomic E-state index is 0.0729. The van der Waals surface area contributed by atoms with Gasteiger partial charge in [0.25, 0.3) is 5.91 Å². The molecule has 2 heteroatoms. The van der Waals surface area contributed by atoms with Crippen LogP contribution in [0.1, 0.15) is 36.7 Å². The van der Waals surface area contributed by atoms with Crippen LogP contribution in [0.15, 0.2) is 54.6 Å². The number of carbonyl (C=O) groups is 1. The summed E-state index contributed by atoms with van der Waals surface area (Å²) in [6, 6.07) is 16.8. The fourth-order valence-corrected chi connectivity index (χ4v) is 1.74. The number of hydrogen-bond acceptors (Lipinski definition) is 1. The van der Waals surface area contributed by atoms with Gasteiger partial charge in [0.05, 0.1) is 5.69 Å². The van der Waals surface area contributed by atoms with Crippen LogP contribution in [-0.4, -0.2) is 5.91 Å². The van der Waals surface area contributed by atoms with Crippen molar-refractivity contribution in [1.82, 2.24) is 0 Å². The van der Waals surface area contributed by atoms with Gasteiger partial charge in [0.1, 0.15) is 0 Å². The molecule has 1 amide bonds. The van der Waals surface area contributed by atoms with Gasteiger partial charge in [-0.25, -0.2) is 0 Å². The highest BCUT2D eigenvalue weighted by Gasteiger charge is 2.08. The molecule has 0 unspecified atom stereocenters. The van der Waals surface area contributed by atoms with Crippen LogP contribution in [0.2, 0.25) is 0 Å². The molecule has 0 aliphatic heterocycles. The van der Waals surface area contributed by atoms with Gasteiger partial charge in [-0.15, -0.1) is 0 Å². The molecule has 0 bridgehead atoms. The van der Waals surface area contributed by atoms with Crippen molar-refractivity contribution in [3.8, 4) is 11.8 Å². The van der Waals surface area contributed by atoms with E-state index in [4.69, 9.17) is 0 Å². The Hall–Kier alpha value is -2.53. The molecule has 0 heterocycles. The van der Waals surface area contributed by atoms with E-state index >= 15 is 0 Å². The number of rotatable bonds is 2. The van der Waals surface area contributed by atoms with Gasteiger partial charge < -0.3 is 5.32 Å². The summed E-state index contributed by atoms with van der Waals surface area (Å²) in [5.74, 6) is 6.21. The molecule has 0 aliphatic carbocycles. The molecule has 0 fully saturated rings. The van der Waals surface area contributed by atoms with Crippen molar-refractivity contribution in [2.45, 2.75) is 20.8 Å². The summed E-state index contributed by atoms with van der Waals surface area (Å²) >= 11 is 0. The number of hydrogen-bond donors (Lipinski definition) is 1. The molecule has 106 valence electrons. The van der Waals surface area contributed by atoms with Gasteiger partial charge in [-0.05, 0) is 45.0 Å². The molecular formula is C19H19NO. The van der Waals surface area contributed by atoms with E-state index in [-0.39, 0.29) is 11.3 Å². The van der Waals surface area contributed by atoms with Gasteiger partial charge in [-0.1, -0.05) is 42.2 Å². The maximum atomic E-state index is 12.2. The Bertz CT molecular complexity index is 685. The zero-order valence-electron chi connectivity index (χ0n) is 12.6. The molecule has 21 heavy (non-hydrogen) atoms. The molecule has 0 saturated heterocycles. The van der Waals surface area contributed by atoms with Gasteiger partial charge in [0, 0.05) is 16.5 Å². The molecule has 1 N–H and O–H groups in total. The monoisotopic (exact) mass is 277 g/mol. The highest BCUT2D eigenvalue weighted by molar-refractivity contribution is 6.04. The Morgan fingerprint density at radius 3 is 2.24 bits per heavy atom. The smallest absolute Gasteiger partial charge is 0.255 e. The number of para-hydroxylation sites is 1. The summed E-state index contributed by atoms with van der Waals surface area (Å²) in [4.78, 5) is 12.2. The van der Waals surface area contributed by atoms with E-state index in [0.29, 0.717) is 5.56 Å². The predicted molar refractivity (Wildman–Crippen MR) is 87.2 cm³/mol. The molecule has 0 aromatic heterocycles. The third kappa shape index (κ3) is 4.50. The SMILES string of the molecule is CC(C)(C)C#Cc1ccccc1NC(=O)c1ccccc1. The maximum Gasteiger partial charge on any atom is 0.255 e. The van der Waals surface area contributed by atoms with E-state index in [2.05, 4.69) is 37.9 Å². The Kier molecular flexibility index (Phi) is 4.45. The van der Waals surface area contributed by atoms with Crippen molar-refractivity contribution in [2.24, 2.45) is 5.41 Å². The van der Waals surface area contributed by atoms with Crippen molar-refractivity contribution in [3.05, 3.63) is 65.7 Å². The molecule has 2 nitrogen and oxygen atoms in total. The summed E-state index contributed by atoms with van der Waals surface area (Å²) < 4.78 is 0. The average Bonchev–Trinajstić information content (AvgIpc) is 2.46. The molecule has 0 aliphatic rings. The lowest BCUT2D eigenvalue weighted by Gasteiger charge is -2.09. The highest BCUT2D eigenvalue weighted by atomic mass is 16.1. The zero-order chi connectivity index (χ0) is 15.3. The fraction of sp³-hybridized carbons (Fsp3) is 0.211.